The molecule has 0 aliphatic heterocycles. The first-order valence-electron chi connectivity index (χ1n) is 7.16. The van der Waals surface area contributed by atoms with Crippen LogP contribution in [-0.4, -0.2) is 5.92 Å². The number of rotatable bonds is 2. The molecule has 1 fully saturated rings. The van der Waals surface area contributed by atoms with Crippen LogP contribution in [0.1, 0.15) is 36.8 Å². The molecule has 2 heteroatoms. The molecule has 1 aliphatic rings. The van der Waals surface area contributed by atoms with E-state index in [1.807, 2.05) is 60.7 Å². The highest BCUT2D eigenvalue weighted by Crippen LogP contribution is 2.53. The van der Waals surface area contributed by atoms with Gasteiger partial charge in [0.15, 0.2) is 0 Å². The van der Waals surface area contributed by atoms with Gasteiger partial charge in [-0.15, -0.1) is 0 Å². The molecule has 0 N–H and O–H groups in total. The second kappa shape index (κ2) is 5.01. The van der Waals surface area contributed by atoms with Gasteiger partial charge in [-0.1, -0.05) is 67.1 Å². The smallest absolute Gasteiger partial charge is 0.205 e. The summed E-state index contributed by atoms with van der Waals surface area (Å²) in [6, 6.07) is 18.5. The third-order valence-electron chi connectivity index (χ3n) is 4.45. The van der Waals surface area contributed by atoms with Crippen LogP contribution in [0.2, 0.25) is 0 Å². The van der Waals surface area contributed by atoms with Crippen LogP contribution >= 0.6 is 0 Å². The lowest BCUT2D eigenvalue weighted by Crippen LogP contribution is -2.48. The van der Waals surface area contributed by atoms with E-state index in [0.29, 0.717) is 12.8 Å². The van der Waals surface area contributed by atoms with Crippen molar-refractivity contribution in [3.05, 3.63) is 71.8 Å². The van der Waals surface area contributed by atoms with E-state index >= 15 is 0 Å². The summed E-state index contributed by atoms with van der Waals surface area (Å²) in [4.78, 5) is 0. The van der Waals surface area contributed by atoms with Gasteiger partial charge in [0, 0.05) is 6.42 Å². The van der Waals surface area contributed by atoms with E-state index in [0.717, 1.165) is 17.5 Å². The van der Waals surface area contributed by atoms with E-state index in [-0.39, 0.29) is 6.42 Å². The Hall–Kier alpha value is -1.70. The zero-order valence-corrected chi connectivity index (χ0v) is 11.4. The molecule has 0 nitrogen and oxygen atoms in total. The van der Waals surface area contributed by atoms with Crippen molar-refractivity contribution in [2.24, 2.45) is 0 Å². The van der Waals surface area contributed by atoms with E-state index in [2.05, 4.69) is 0 Å². The second-order valence-electron chi connectivity index (χ2n) is 5.55. The van der Waals surface area contributed by atoms with Crippen LogP contribution in [0.3, 0.4) is 0 Å². The molecule has 0 spiro atoms. The van der Waals surface area contributed by atoms with E-state index in [1.165, 1.54) is 0 Å². The zero-order valence-electron chi connectivity index (χ0n) is 11.4. The average molecular weight is 272 g/mol. The van der Waals surface area contributed by atoms with Crippen LogP contribution in [0.5, 0.6) is 0 Å². The Kier molecular flexibility index (Phi) is 3.33. The third-order valence-corrected chi connectivity index (χ3v) is 4.45. The molecule has 0 bridgehead atoms. The first-order valence-corrected chi connectivity index (χ1v) is 7.16. The molecule has 0 atom stereocenters. The molecule has 1 saturated carbocycles. The fraction of sp³-hybridized carbons (Fsp3) is 0.333. The summed E-state index contributed by atoms with van der Waals surface area (Å²) in [5.41, 5.74) is 0.292. The number of hydrogen-bond acceptors (Lipinski definition) is 0. The molecule has 1 aliphatic carbocycles. The summed E-state index contributed by atoms with van der Waals surface area (Å²) in [5.74, 6) is -2.70. The molecule has 2 aromatic rings. The molecule has 2 aromatic carbocycles. The summed E-state index contributed by atoms with van der Waals surface area (Å²) < 4.78 is 29.8. The Morgan fingerprint density at radius 2 is 1.10 bits per heavy atom. The minimum Gasteiger partial charge on any atom is -0.205 e. The van der Waals surface area contributed by atoms with Gasteiger partial charge in [0.25, 0.3) is 5.92 Å². The zero-order chi connectivity index (χ0) is 14.1. The van der Waals surface area contributed by atoms with Gasteiger partial charge in [-0.2, -0.15) is 0 Å². The monoisotopic (exact) mass is 272 g/mol. The summed E-state index contributed by atoms with van der Waals surface area (Å²) >= 11 is 0. The van der Waals surface area contributed by atoms with Crippen LogP contribution in [0.25, 0.3) is 0 Å². The highest BCUT2D eigenvalue weighted by Gasteiger charge is 2.56. The number of halogens is 2. The third kappa shape index (κ3) is 1.94. The van der Waals surface area contributed by atoms with Crippen molar-refractivity contribution in [1.29, 1.82) is 0 Å². The minimum absolute atomic E-state index is 0.0310. The van der Waals surface area contributed by atoms with Gasteiger partial charge in [-0.25, -0.2) is 8.78 Å². The summed E-state index contributed by atoms with van der Waals surface area (Å²) in [5, 5.41) is 0. The largest absolute Gasteiger partial charge is 0.261 e. The number of alkyl halides is 2. The van der Waals surface area contributed by atoms with Gasteiger partial charge in [0.1, 0.15) is 0 Å². The Balaban J connectivity index is 2.23. The molecule has 0 aromatic heterocycles. The Bertz CT molecular complexity index is 521. The summed E-state index contributed by atoms with van der Waals surface area (Å²) in [7, 11) is 0. The van der Waals surface area contributed by atoms with Crippen molar-refractivity contribution in [3.63, 3.8) is 0 Å². The SMILES string of the molecule is FC1(F)CCCCC1(c1ccccc1)c1ccccc1. The van der Waals surface area contributed by atoms with Crippen molar-refractivity contribution in [2.75, 3.05) is 0 Å². The number of benzene rings is 2. The molecule has 104 valence electrons. The standard InChI is InChI=1S/C18H18F2/c19-18(20)14-8-7-13-17(18,15-9-3-1-4-10-15)16-11-5-2-6-12-16/h1-6,9-12H,7-8,13-14H2. The van der Waals surface area contributed by atoms with Gasteiger partial charge >= 0.3 is 0 Å². The lowest BCUT2D eigenvalue weighted by molar-refractivity contribution is -0.0904. The van der Waals surface area contributed by atoms with Crippen molar-refractivity contribution in [3.8, 4) is 0 Å². The maximum Gasteiger partial charge on any atom is 0.261 e. The Morgan fingerprint density at radius 1 is 0.650 bits per heavy atom. The van der Waals surface area contributed by atoms with Crippen LogP contribution in [0, 0.1) is 0 Å². The maximum absolute atomic E-state index is 14.9. The first-order chi connectivity index (χ1) is 9.67. The molecule has 3 rings (SSSR count). The summed E-state index contributed by atoms with van der Waals surface area (Å²) in [6.07, 6.45) is 1.93. The molecular formula is C18H18F2. The molecule has 0 amide bonds. The predicted molar refractivity (Wildman–Crippen MR) is 77.1 cm³/mol. The second-order valence-corrected chi connectivity index (χ2v) is 5.55. The van der Waals surface area contributed by atoms with Gasteiger partial charge in [0.05, 0.1) is 5.41 Å². The topological polar surface area (TPSA) is 0 Å². The van der Waals surface area contributed by atoms with Gasteiger partial charge < -0.3 is 0 Å². The quantitative estimate of drug-likeness (QED) is 0.706. The normalized spacial score (nSPS) is 20.5. The molecule has 0 saturated heterocycles. The molecular weight excluding hydrogens is 254 g/mol. The number of hydrogen-bond donors (Lipinski definition) is 0. The van der Waals surface area contributed by atoms with Crippen molar-refractivity contribution < 1.29 is 8.78 Å². The highest BCUT2D eigenvalue weighted by molar-refractivity contribution is 5.43. The fourth-order valence-corrected chi connectivity index (χ4v) is 3.46. The van der Waals surface area contributed by atoms with Crippen LogP contribution < -0.4 is 0 Å². The predicted octanol–water partition coefficient (Wildman–Crippen LogP) is 5.18. The van der Waals surface area contributed by atoms with Gasteiger partial charge in [-0.05, 0) is 24.0 Å². The van der Waals surface area contributed by atoms with Crippen molar-refractivity contribution >= 4 is 0 Å². The highest BCUT2D eigenvalue weighted by atomic mass is 19.3. The van der Waals surface area contributed by atoms with Crippen molar-refractivity contribution in [2.45, 2.75) is 37.0 Å². The van der Waals surface area contributed by atoms with Crippen LogP contribution in [0.15, 0.2) is 60.7 Å². The molecule has 0 heterocycles. The van der Waals surface area contributed by atoms with E-state index in [1.54, 1.807) is 0 Å². The van der Waals surface area contributed by atoms with Gasteiger partial charge in [0.2, 0.25) is 0 Å². The maximum atomic E-state index is 14.9. The first kappa shape index (κ1) is 13.3. The molecule has 0 radical (unpaired) electrons. The van der Waals surface area contributed by atoms with E-state index < -0.39 is 11.3 Å². The Morgan fingerprint density at radius 3 is 1.55 bits per heavy atom. The minimum atomic E-state index is -2.70. The molecule has 0 unspecified atom stereocenters. The lowest BCUT2D eigenvalue weighted by Gasteiger charge is -2.45. The van der Waals surface area contributed by atoms with Crippen LogP contribution in [0.4, 0.5) is 8.78 Å². The summed E-state index contributed by atoms with van der Waals surface area (Å²) in [6.45, 7) is 0. The van der Waals surface area contributed by atoms with E-state index in [9.17, 15) is 8.78 Å². The molecule has 20 heavy (non-hydrogen) atoms. The van der Waals surface area contributed by atoms with Crippen LogP contribution in [-0.2, 0) is 5.41 Å². The fourth-order valence-electron chi connectivity index (χ4n) is 3.46. The van der Waals surface area contributed by atoms with Gasteiger partial charge in [-0.3, -0.25) is 0 Å². The lowest BCUT2D eigenvalue weighted by atomic mass is 9.63. The average Bonchev–Trinajstić information content (AvgIpc) is 2.49. The Labute approximate surface area is 118 Å². The van der Waals surface area contributed by atoms with Crippen molar-refractivity contribution in [1.82, 2.24) is 0 Å². The van der Waals surface area contributed by atoms with E-state index in [4.69, 9.17) is 0 Å².